The normalized spacial score (nSPS) is 16.4. The van der Waals surface area contributed by atoms with Gasteiger partial charge in [-0.1, -0.05) is 19.3 Å². The molecule has 1 aliphatic rings. The quantitative estimate of drug-likeness (QED) is 0.867. The lowest BCUT2D eigenvalue weighted by molar-refractivity contribution is 0.202. The van der Waals surface area contributed by atoms with Crippen LogP contribution in [-0.4, -0.2) is 11.6 Å². The molecule has 4 nitrogen and oxygen atoms in total. The molecule has 1 fully saturated rings. The Hall–Kier alpha value is -1.76. The summed E-state index contributed by atoms with van der Waals surface area (Å²) >= 11 is 0. The van der Waals surface area contributed by atoms with Crippen LogP contribution in [0.15, 0.2) is 12.3 Å². The van der Waals surface area contributed by atoms with Crippen LogP contribution in [0.25, 0.3) is 0 Å². The monoisotopic (exact) mass is 231 g/mol. The molecule has 0 unspecified atom stereocenters. The molecule has 1 saturated carbocycles. The van der Waals surface area contributed by atoms with Crippen LogP contribution in [0, 0.1) is 17.2 Å². The molecule has 0 bridgehead atoms. The Balaban J connectivity index is 1.96. The fourth-order valence-corrected chi connectivity index (χ4v) is 2.21. The lowest BCUT2D eigenvalue weighted by Crippen LogP contribution is -2.16. The summed E-state index contributed by atoms with van der Waals surface area (Å²) in [4.78, 5) is 4.06. The molecule has 1 heterocycles. The second-order valence-electron chi connectivity index (χ2n) is 4.55. The number of nitrogens with two attached hydrogens (primary N) is 1. The number of hydrogen-bond donors (Lipinski definition) is 1. The van der Waals surface area contributed by atoms with Gasteiger partial charge in [-0.25, -0.2) is 4.98 Å². The van der Waals surface area contributed by atoms with Crippen molar-refractivity contribution in [2.45, 2.75) is 32.1 Å². The molecule has 0 amide bonds. The smallest absolute Gasteiger partial charge is 0.231 e. The summed E-state index contributed by atoms with van der Waals surface area (Å²) in [6, 6.07) is 3.66. The first-order valence-corrected chi connectivity index (χ1v) is 6.08. The van der Waals surface area contributed by atoms with Gasteiger partial charge in [0, 0.05) is 0 Å². The molecule has 0 aliphatic heterocycles. The van der Waals surface area contributed by atoms with Gasteiger partial charge < -0.3 is 10.5 Å². The van der Waals surface area contributed by atoms with Crippen LogP contribution in [0.3, 0.4) is 0 Å². The van der Waals surface area contributed by atoms with Crippen LogP contribution in [0.1, 0.15) is 37.7 Å². The maximum absolute atomic E-state index is 8.95. The minimum absolute atomic E-state index is 0.410. The summed E-state index contributed by atoms with van der Waals surface area (Å²) in [5.41, 5.74) is 6.48. The van der Waals surface area contributed by atoms with Gasteiger partial charge in [-0.15, -0.1) is 0 Å². The van der Waals surface area contributed by atoms with Gasteiger partial charge in [0.1, 0.15) is 11.6 Å². The van der Waals surface area contributed by atoms with Gasteiger partial charge >= 0.3 is 0 Å². The summed E-state index contributed by atoms with van der Waals surface area (Å²) < 4.78 is 5.63. The van der Waals surface area contributed by atoms with Crippen molar-refractivity contribution in [1.82, 2.24) is 4.98 Å². The van der Waals surface area contributed by atoms with Crippen molar-refractivity contribution < 1.29 is 4.74 Å². The van der Waals surface area contributed by atoms with Gasteiger partial charge in [0.2, 0.25) is 5.88 Å². The number of anilines is 1. The Labute approximate surface area is 101 Å². The number of nitriles is 1. The summed E-state index contributed by atoms with van der Waals surface area (Å²) in [5, 5.41) is 8.95. The molecule has 0 radical (unpaired) electrons. The zero-order valence-corrected chi connectivity index (χ0v) is 9.85. The number of pyridine rings is 1. The third kappa shape index (κ3) is 3.10. The van der Waals surface area contributed by atoms with E-state index in [-0.39, 0.29) is 0 Å². The van der Waals surface area contributed by atoms with E-state index in [0.29, 0.717) is 29.7 Å². The number of ether oxygens (including phenoxy) is 1. The highest BCUT2D eigenvalue weighted by molar-refractivity contribution is 5.48. The highest BCUT2D eigenvalue weighted by Gasteiger charge is 2.15. The van der Waals surface area contributed by atoms with Crippen molar-refractivity contribution in [1.29, 1.82) is 5.26 Å². The second kappa shape index (κ2) is 5.53. The maximum Gasteiger partial charge on any atom is 0.231 e. The molecule has 0 aromatic carbocycles. The van der Waals surface area contributed by atoms with E-state index in [9.17, 15) is 0 Å². The first-order valence-electron chi connectivity index (χ1n) is 6.08. The van der Waals surface area contributed by atoms with Crippen molar-refractivity contribution in [3.8, 4) is 11.9 Å². The van der Waals surface area contributed by atoms with E-state index in [0.717, 1.165) is 0 Å². The molecule has 2 rings (SSSR count). The fraction of sp³-hybridized carbons (Fsp3) is 0.538. The van der Waals surface area contributed by atoms with Gasteiger partial charge in [-0.2, -0.15) is 5.26 Å². The first kappa shape index (κ1) is 11.7. The minimum Gasteiger partial charge on any atom is -0.476 e. The molecule has 17 heavy (non-hydrogen) atoms. The fourth-order valence-electron chi connectivity index (χ4n) is 2.21. The Morgan fingerprint density at radius 2 is 2.18 bits per heavy atom. The van der Waals surface area contributed by atoms with Crippen LogP contribution >= 0.6 is 0 Å². The molecule has 2 N–H and O–H groups in total. The van der Waals surface area contributed by atoms with Crippen LogP contribution in [0.2, 0.25) is 0 Å². The summed E-state index contributed by atoms with van der Waals surface area (Å²) in [7, 11) is 0. The molecule has 1 aromatic rings. The molecule has 0 spiro atoms. The largest absolute Gasteiger partial charge is 0.476 e. The Kier molecular flexibility index (Phi) is 3.81. The Morgan fingerprint density at radius 1 is 1.41 bits per heavy atom. The van der Waals surface area contributed by atoms with Crippen molar-refractivity contribution >= 4 is 5.69 Å². The summed E-state index contributed by atoms with van der Waals surface area (Å²) in [6.07, 6.45) is 7.87. The molecule has 1 aromatic heterocycles. The third-order valence-electron chi connectivity index (χ3n) is 3.17. The van der Waals surface area contributed by atoms with Crippen molar-refractivity contribution in [2.24, 2.45) is 5.92 Å². The maximum atomic E-state index is 8.95. The van der Waals surface area contributed by atoms with Crippen LogP contribution in [-0.2, 0) is 0 Å². The van der Waals surface area contributed by atoms with Gasteiger partial charge in [0.25, 0.3) is 0 Å². The van der Waals surface area contributed by atoms with Crippen molar-refractivity contribution in [2.75, 3.05) is 12.3 Å². The van der Waals surface area contributed by atoms with E-state index < -0.39 is 0 Å². The average Bonchev–Trinajstić information content (AvgIpc) is 2.38. The highest BCUT2D eigenvalue weighted by atomic mass is 16.5. The summed E-state index contributed by atoms with van der Waals surface area (Å²) in [5.74, 6) is 1.02. The van der Waals surface area contributed by atoms with Gasteiger partial charge in [-0.05, 0) is 24.8 Å². The van der Waals surface area contributed by atoms with Gasteiger partial charge in [-0.3, -0.25) is 0 Å². The number of aromatic nitrogens is 1. The van der Waals surface area contributed by atoms with E-state index in [1.54, 1.807) is 6.07 Å². The zero-order valence-electron chi connectivity index (χ0n) is 9.85. The van der Waals surface area contributed by atoms with Crippen LogP contribution in [0.4, 0.5) is 5.69 Å². The molecule has 1 aliphatic carbocycles. The molecule has 0 saturated heterocycles. The lowest BCUT2D eigenvalue weighted by Gasteiger charge is -2.21. The highest BCUT2D eigenvalue weighted by Crippen LogP contribution is 2.25. The van der Waals surface area contributed by atoms with E-state index in [4.69, 9.17) is 15.7 Å². The lowest BCUT2D eigenvalue weighted by atomic mass is 9.90. The number of rotatable bonds is 3. The first-order chi connectivity index (χ1) is 8.29. The van der Waals surface area contributed by atoms with Gasteiger partial charge in [0.05, 0.1) is 18.5 Å². The minimum atomic E-state index is 0.410. The van der Waals surface area contributed by atoms with E-state index in [2.05, 4.69) is 11.1 Å². The standard InChI is InChI=1S/C13H17N3O/c14-7-11-6-12(15)8-16-13(11)17-9-10-4-2-1-3-5-10/h6,8,10H,1-5,9,15H2. The van der Waals surface area contributed by atoms with E-state index >= 15 is 0 Å². The summed E-state index contributed by atoms with van der Waals surface area (Å²) in [6.45, 7) is 0.658. The molecular formula is C13H17N3O. The number of nitrogen functional groups attached to an aromatic ring is 1. The molecule has 4 heteroatoms. The Bertz CT molecular complexity index is 419. The van der Waals surface area contributed by atoms with Crippen molar-refractivity contribution in [3.63, 3.8) is 0 Å². The SMILES string of the molecule is N#Cc1cc(N)cnc1OCC1CCCCC1. The average molecular weight is 231 g/mol. The number of hydrogen-bond acceptors (Lipinski definition) is 4. The van der Waals surface area contributed by atoms with E-state index in [1.807, 2.05) is 0 Å². The number of nitrogens with zero attached hydrogens (tertiary/aromatic N) is 2. The topological polar surface area (TPSA) is 71.9 Å². The predicted octanol–water partition coefficient (Wildman–Crippen LogP) is 2.49. The van der Waals surface area contributed by atoms with Crippen LogP contribution in [0.5, 0.6) is 5.88 Å². The Morgan fingerprint density at radius 3 is 2.88 bits per heavy atom. The van der Waals surface area contributed by atoms with E-state index in [1.165, 1.54) is 38.3 Å². The molecular weight excluding hydrogens is 214 g/mol. The zero-order chi connectivity index (χ0) is 12.1. The van der Waals surface area contributed by atoms with Crippen molar-refractivity contribution in [3.05, 3.63) is 17.8 Å². The second-order valence-corrected chi connectivity index (χ2v) is 4.55. The third-order valence-corrected chi connectivity index (χ3v) is 3.17. The molecule has 0 atom stereocenters. The van der Waals surface area contributed by atoms with Crippen LogP contribution < -0.4 is 10.5 Å². The molecule has 90 valence electrons. The predicted molar refractivity (Wildman–Crippen MR) is 65.4 cm³/mol. The van der Waals surface area contributed by atoms with Gasteiger partial charge in [0.15, 0.2) is 0 Å².